The minimum absolute atomic E-state index is 0.142. The average Bonchev–Trinajstić information content (AvgIpc) is 3.07. The number of rotatable bonds is 7. The van der Waals surface area contributed by atoms with Crippen LogP contribution in [0.3, 0.4) is 0 Å². The molecular formula is C22H24N2O4S. The van der Waals surface area contributed by atoms with Gasteiger partial charge in [-0.05, 0) is 13.8 Å². The number of aromatic nitrogens is 1. The number of nitrogens with zero attached hydrogens (tertiary/aromatic N) is 1. The molecule has 0 atom stereocenters. The molecule has 3 aromatic rings. The Morgan fingerprint density at radius 1 is 1.00 bits per heavy atom. The van der Waals surface area contributed by atoms with Gasteiger partial charge in [-0.1, -0.05) is 29.8 Å². The van der Waals surface area contributed by atoms with E-state index in [1.807, 2.05) is 38.1 Å². The molecule has 152 valence electrons. The number of hydrogen-bond donors (Lipinski definition) is 1. The predicted molar refractivity (Wildman–Crippen MR) is 115 cm³/mol. The number of carbonyl (C=O) groups excluding carboxylic acids is 1. The van der Waals surface area contributed by atoms with Gasteiger partial charge in [0.25, 0.3) is 0 Å². The molecule has 0 saturated carbocycles. The van der Waals surface area contributed by atoms with Crippen molar-refractivity contribution in [2.24, 2.45) is 0 Å². The monoisotopic (exact) mass is 412 g/mol. The van der Waals surface area contributed by atoms with E-state index < -0.39 is 0 Å². The largest absolute Gasteiger partial charge is 0.493 e. The molecule has 1 aromatic heterocycles. The van der Waals surface area contributed by atoms with Gasteiger partial charge < -0.3 is 19.5 Å². The summed E-state index contributed by atoms with van der Waals surface area (Å²) in [4.78, 5) is 18.3. The lowest BCUT2D eigenvalue weighted by Gasteiger charge is -2.14. The minimum atomic E-state index is -0.142. The molecule has 7 heteroatoms. The van der Waals surface area contributed by atoms with Gasteiger partial charge in [0.2, 0.25) is 11.7 Å². The first-order chi connectivity index (χ1) is 13.9. The zero-order valence-corrected chi connectivity index (χ0v) is 18.0. The molecule has 0 aliphatic rings. The van der Waals surface area contributed by atoms with Crippen LogP contribution in [-0.4, -0.2) is 32.2 Å². The second kappa shape index (κ2) is 8.96. The summed E-state index contributed by atoms with van der Waals surface area (Å²) in [5, 5.41) is 3.84. The van der Waals surface area contributed by atoms with E-state index in [-0.39, 0.29) is 12.3 Å². The molecule has 29 heavy (non-hydrogen) atoms. The molecule has 0 unspecified atom stereocenters. The molecule has 1 heterocycles. The second-order valence-electron chi connectivity index (χ2n) is 6.51. The van der Waals surface area contributed by atoms with Gasteiger partial charge in [-0.3, -0.25) is 4.79 Å². The first kappa shape index (κ1) is 20.7. The fraction of sp³-hybridized carbons (Fsp3) is 0.273. The number of amides is 1. The van der Waals surface area contributed by atoms with Crippen molar-refractivity contribution >= 4 is 22.9 Å². The quantitative estimate of drug-likeness (QED) is 0.612. The van der Waals surface area contributed by atoms with Crippen molar-refractivity contribution in [3.63, 3.8) is 0 Å². The third-order valence-corrected chi connectivity index (χ3v) is 5.37. The molecule has 2 aromatic carbocycles. The first-order valence-corrected chi connectivity index (χ1v) is 9.90. The zero-order chi connectivity index (χ0) is 21.0. The molecule has 1 amide bonds. The van der Waals surface area contributed by atoms with Crippen LogP contribution in [0.15, 0.2) is 36.4 Å². The fourth-order valence-corrected chi connectivity index (χ4v) is 3.99. The van der Waals surface area contributed by atoms with Gasteiger partial charge in [0.05, 0.1) is 38.5 Å². The lowest BCUT2D eigenvalue weighted by atomic mass is 10.1. The maximum absolute atomic E-state index is 12.7. The van der Waals surface area contributed by atoms with Crippen molar-refractivity contribution in [1.82, 2.24) is 4.98 Å². The molecule has 6 nitrogen and oxygen atoms in total. The highest BCUT2D eigenvalue weighted by Gasteiger charge is 2.17. The molecule has 0 bridgehead atoms. The van der Waals surface area contributed by atoms with Crippen molar-refractivity contribution < 1.29 is 19.0 Å². The molecule has 0 radical (unpaired) electrons. The maximum Gasteiger partial charge on any atom is 0.229 e. The predicted octanol–water partition coefficient (Wildman–Crippen LogP) is 4.63. The van der Waals surface area contributed by atoms with E-state index in [9.17, 15) is 4.79 Å². The standard InChI is InChI=1S/C22H24N2O4S/c1-13-6-8-15(9-7-13)21-19(29-14(2)23-21)12-20(25)24-16-10-17(26-3)22(28-5)18(11-16)27-4/h6-11H,12H2,1-5H3,(H,24,25). The van der Waals surface area contributed by atoms with E-state index in [2.05, 4.69) is 10.3 Å². The Bertz CT molecular complexity index is 987. The molecule has 0 saturated heterocycles. The molecule has 0 aliphatic carbocycles. The van der Waals surface area contributed by atoms with Crippen LogP contribution in [0.5, 0.6) is 17.2 Å². The number of hydrogen-bond acceptors (Lipinski definition) is 6. The average molecular weight is 413 g/mol. The normalized spacial score (nSPS) is 10.5. The van der Waals surface area contributed by atoms with E-state index in [1.54, 1.807) is 12.1 Å². The van der Waals surface area contributed by atoms with Gasteiger partial charge in [-0.15, -0.1) is 11.3 Å². The summed E-state index contributed by atoms with van der Waals surface area (Å²) in [6, 6.07) is 11.6. The highest BCUT2D eigenvalue weighted by molar-refractivity contribution is 7.12. The van der Waals surface area contributed by atoms with Gasteiger partial charge in [0, 0.05) is 28.3 Å². The lowest BCUT2D eigenvalue weighted by molar-refractivity contribution is -0.115. The smallest absolute Gasteiger partial charge is 0.229 e. The van der Waals surface area contributed by atoms with E-state index >= 15 is 0 Å². The fourth-order valence-electron chi connectivity index (χ4n) is 3.03. The van der Waals surface area contributed by atoms with Crippen LogP contribution >= 0.6 is 11.3 Å². The van der Waals surface area contributed by atoms with E-state index in [0.717, 1.165) is 21.1 Å². The number of carbonyl (C=O) groups is 1. The number of thiazole rings is 1. The van der Waals surface area contributed by atoms with Gasteiger partial charge in [-0.25, -0.2) is 4.98 Å². The summed E-state index contributed by atoms with van der Waals surface area (Å²) >= 11 is 1.53. The molecule has 0 aliphatic heterocycles. The molecule has 0 fully saturated rings. The third-order valence-electron chi connectivity index (χ3n) is 4.40. The van der Waals surface area contributed by atoms with Crippen molar-refractivity contribution in [1.29, 1.82) is 0 Å². The van der Waals surface area contributed by atoms with Gasteiger partial charge in [0.15, 0.2) is 11.5 Å². The summed E-state index contributed by atoms with van der Waals surface area (Å²) in [5.41, 5.74) is 3.62. The lowest BCUT2D eigenvalue weighted by Crippen LogP contribution is -2.14. The number of methoxy groups -OCH3 is 3. The number of aryl methyl sites for hydroxylation is 2. The highest BCUT2D eigenvalue weighted by Crippen LogP contribution is 2.40. The minimum Gasteiger partial charge on any atom is -0.493 e. The van der Waals surface area contributed by atoms with Crippen molar-refractivity contribution in [2.75, 3.05) is 26.6 Å². The van der Waals surface area contributed by atoms with Crippen LogP contribution < -0.4 is 19.5 Å². The third kappa shape index (κ3) is 4.68. The van der Waals surface area contributed by atoms with Gasteiger partial charge in [-0.2, -0.15) is 0 Å². The molecule has 0 spiro atoms. The van der Waals surface area contributed by atoms with Crippen LogP contribution in [0.1, 0.15) is 15.4 Å². The van der Waals surface area contributed by atoms with Crippen LogP contribution in [0.25, 0.3) is 11.3 Å². The van der Waals surface area contributed by atoms with Gasteiger partial charge >= 0.3 is 0 Å². The number of benzene rings is 2. The van der Waals surface area contributed by atoms with Crippen LogP contribution in [0, 0.1) is 13.8 Å². The maximum atomic E-state index is 12.7. The Hall–Kier alpha value is -3.06. The Labute approximate surface area is 174 Å². The van der Waals surface area contributed by atoms with E-state index in [0.29, 0.717) is 22.9 Å². The Morgan fingerprint density at radius 2 is 1.62 bits per heavy atom. The van der Waals surface area contributed by atoms with Crippen LogP contribution in [0.4, 0.5) is 5.69 Å². The summed E-state index contributed by atoms with van der Waals surface area (Å²) in [6.45, 7) is 3.99. The molecule has 1 N–H and O–H groups in total. The molecular weight excluding hydrogens is 388 g/mol. The SMILES string of the molecule is COc1cc(NC(=O)Cc2sc(C)nc2-c2ccc(C)cc2)cc(OC)c1OC. The van der Waals surface area contributed by atoms with E-state index in [1.165, 1.54) is 38.2 Å². The summed E-state index contributed by atoms with van der Waals surface area (Å²) < 4.78 is 16.0. The van der Waals surface area contributed by atoms with Crippen molar-refractivity contribution in [3.8, 4) is 28.5 Å². The number of anilines is 1. The Balaban J connectivity index is 1.83. The summed E-state index contributed by atoms with van der Waals surface area (Å²) in [6.07, 6.45) is 0.228. The summed E-state index contributed by atoms with van der Waals surface area (Å²) in [5.74, 6) is 1.30. The molecule has 3 rings (SSSR count). The van der Waals surface area contributed by atoms with Crippen molar-refractivity contribution in [3.05, 3.63) is 51.8 Å². The highest BCUT2D eigenvalue weighted by atomic mass is 32.1. The van der Waals surface area contributed by atoms with Crippen LogP contribution in [0.2, 0.25) is 0 Å². The number of nitrogens with one attached hydrogen (secondary N) is 1. The van der Waals surface area contributed by atoms with Crippen LogP contribution in [-0.2, 0) is 11.2 Å². The topological polar surface area (TPSA) is 69.7 Å². The summed E-state index contributed by atoms with van der Waals surface area (Å²) in [7, 11) is 4.62. The van der Waals surface area contributed by atoms with E-state index in [4.69, 9.17) is 14.2 Å². The Morgan fingerprint density at radius 3 is 2.17 bits per heavy atom. The number of ether oxygens (including phenoxy) is 3. The Kier molecular flexibility index (Phi) is 6.39. The van der Waals surface area contributed by atoms with Crippen molar-refractivity contribution in [2.45, 2.75) is 20.3 Å². The zero-order valence-electron chi connectivity index (χ0n) is 17.2. The second-order valence-corrected chi connectivity index (χ2v) is 7.80. The first-order valence-electron chi connectivity index (χ1n) is 9.08. The van der Waals surface area contributed by atoms with Gasteiger partial charge in [0.1, 0.15) is 0 Å².